The van der Waals surface area contributed by atoms with Crippen LogP contribution in [0.1, 0.15) is 72.1 Å². The van der Waals surface area contributed by atoms with E-state index in [9.17, 15) is 24.0 Å². The number of carbonyl (C=O) groups excluding carboxylic acids is 5. The first-order chi connectivity index (χ1) is 31.1. The molecule has 0 spiro atoms. The van der Waals surface area contributed by atoms with E-state index in [1.807, 2.05) is 45.1 Å². The number of benzene rings is 1. The number of carbonyl (C=O) groups is 5. The molecular formula is C49H74N8O8. The Balaban J connectivity index is 0.000000250. The molecule has 3 saturated heterocycles. The monoisotopic (exact) mass is 903 g/mol. The van der Waals surface area contributed by atoms with Crippen molar-refractivity contribution in [1.29, 1.82) is 0 Å². The van der Waals surface area contributed by atoms with Crippen LogP contribution in [0.3, 0.4) is 0 Å². The minimum atomic E-state index is -0.505. The maximum Gasteiger partial charge on any atom is 0.293 e. The molecule has 6 rings (SSSR count). The van der Waals surface area contributed by atoms with Gasteiger partial charge in [-0.25, -0.2) is 5.43 Å². The molecule has 3 fully saturated rings. The van der Waals surface area contributed by atoms with Gasteiger partial charge in [-0.05, 0) is 102 Å². The van der Waals surface area contributed by atoms with Gasteiger partial charge in [-0.1, -0.05) is 34.3 Å². The standard InChI is InChI=1S/C27H35N3O4.C14H28N4O2.C8H11NO2/c1-5-30-25-9-8-20(29-11-13-33-14-12-29)15-22(25)23(16-27(2,3)18-34-19-31)26(30)21-7-6-10-28-24(21)17-32-4;1-10(2)12(17(4)5)13(19)16-11(3)14(20)18-9-7-6-8-15-18;1-2-8(11)9-4-3-7(5-9)6-10/h6-10,15,19H,5,11-14,16-18H2,1-4H3;10-12,15H,6-9H2,1-5H3,(H,16,19);2,6-7H,1,3-5H2. The van der Waals surface area contributed by atoms with Crippen molar-refractivity contribution in [3.63, 3.8) is 0 Å². The summed E-state index contributed by atoms with van der Waals surface area (Å²) in [5.74, 6) is -0.00386. The Morgan fingerprint density at radius 1 is 1.08 bits per heavy atom. The van der Waals surface area contributed by atoms with E-state index >= 15 is 0 Å². The Kier molecular flexibility index (Phi) is 20.6. The molecule has 3 amide bonds. The molecule has 3 aliphatic heterocycles. The van der Waals surface area contributed by atoms with E-state index in [1.165, 1.54) is 28.2 Å². The number of amides is 3. The predicted molar refractivity (Wildman–Crippen MR) is 254 cm³/mol. The summed E-state index contributed by atoms with van der Waals surface area (Å²) >= 11 is 0. The van der Waals surface area contributed by atoms with E-state index in [0.717, 1.165) is 88.3 Å². The third-order valence-electron chi connectivity index (χ3n) is 11.9. The summed E-state index contributed by atoms with van der Waals surface area (Å²) in [6.07, 6.45) is 7.65. The zero-order valence-electron chi connectivity index (χ0n) is 40.3. The van der Waals surface area contributed by atoms with Gasteiger partial charge in [0.25, 0.3) is 12.4 Å². The van der Waals surface area contributed by atoms with E-state index < -0.39 is 6.04 Å². The molecular weight excluding hydrogens is 829 g/mol. The third kappa shape index (κ3) is 14.4. The van der Waals surface area contributed by atoms with Crippen LogP contribution in [-0.2, 0) is 57.8 Å². The first-order valence-corrected chi connectivity index (χ1v) is 23.0. The van der Waals surface area contributed by atoms with Gasteiger partial charge in [0.15, 0.2) is 0 Å². The number of hydrogen-bond donors (Lipinski definition) is 2. The van der Waals surface area contributed by atoms with Crippen LogP contribution in [0.2, 0.25) is 0 Å². The van der Waals surface area contributed by atoms with E-state index in [4.69, 9.17) is 14.2 Å². The smallest absolute Gasteiger partial charge is 0.293 e. The molecule has 65 heavy (non-hydrogen) atoms. The van der Waals surface area contributed by atoms with Crippen LogP contribution >= 0.6 is 0 Å². The van der Waals surface area contributed by atoms with Crippen molar-refractivity contribution in [2.45, 2.75) is 92.5 Å². The van der Waals surface area contributed by atoms with E-state index in [0.29, 0.717) is 39.3 Å². The van der Waals surface area contributed by atoms with Crippen LogP contribution in [-0.4, -0.2) is 147 Å². The number of nitrogens with zero attached hydrogens (tertiary/aromatic N) is 6. The maximum absolute atomic E-state index is 12.3. The van der Waals surface area contributed by atoms with Crippen LogP contribution in [0.4, 0.5) is 5.69 Å². The predicted octanol–water partition coefficient (Wildman–Crippen LogP) is 4.87. The number of rotatable bonds is 17. The quantitative estimate of drug-likeness (QED) is 0.140. The summed E-state index contributed by atoms with van der Waals surface area (Å²) in [6.45, 7) is 23.8. The van der Waals surface area contributed by atoms with E-state index in [1.54, 1.807) is 23.9 Å². The highest BCUT2D eigenvalue weighted by Gasteiger charge is 2.31. The fraction of sp³-hybridized carbons (Fsp3) is 0.592. The zero-order chi connectivity index (χ0) is 47.7. The summed E-state index contributed by atoms with van der Waals surface area (Å²) in [6, 6.07) is 10.1. The second kappa shape index (κ2) is 25.5. The Morgan fingerprint density at radius 3 is 2.40 bits per heavy atom. The number of hydrogen-bond acceptors (Lipinski definition) is 12. The molecule has 0 saturated carbocycles. The molecule has 1 aromatic carbocycles. The third-order valence-corrected chi connectivity index (χ3v) is 11.9. The van der Waals surface area contributed by atoms with Crippen molar-refractivity contribution in [3.8, 4) is 11.3 Å². The van der Waals surface area contributed by atoms with Gasteiger partial charge in [-0.3, -0.25) is 34.1 Å². The minimum absolute atomic E-state index is 0.0406. The van der Waals surface area contributed by atoms with Crippen LogP contribution in [0.5, 0.6) is 0 Å². The van der Waals surface area contributed by atoms with Crippen molar-refractivity contribution >= 4 is 47.1 Å². The van der Waals surface area contributed by atoms with Gasteiger partial charge in [0, 0.05) is 92.6 Å². The molecule has 3 aliphatic rings. The lowest BCUT2D eigenvalue weighted by atomic mass is 9.84. The number of nitrogens with one attached hydrogen (secondary N) is 2. The summed E-state index contributed by atoms with van der Waals surface area (Å²) in [4.78, 5) is 67.3. The topological polar surface area (TPSA) is 168 Å². The molecule has 16 heteroatoms. The highest BCUT2D eigenvalue weighted by molar-refractivity contribution is 5.95. The van der Waals surface area contributed by atoms with E-state index in [-0.39, 0.29) is 41.0 Å². The summed E-state index contributed by atoms with van der Waals surface area (Å²) in [5.41, 5.74) is 9.65. The molecule has 3 aromatic rings. The van der Waals surface area contributed by atoms with Crippen LogP contribution in [0.25, 0.3) is 22.2 Å². The van der Waals surface area contributed by atoms with Crippen molar-refractivity contribution in [3.05, 3.63) is 60.4 Å². The Bertz CT molecular complexity index is 2030. The summed E-state index contributed by atoms with van der Waals surface area (Å²) in [7, 11) is 5.45. The molecule has 16 nitrogen and oxygen atoms in total. The van der Waals surface area contributed by atoms with Crippen molar-refractivity contribution in [2.24, 2.45) is 17.3 Å². The fourth-order valence-electron chi connectivity index (χ4n) is 8.77. The van der Waals surface area contributed by atoms with Gasteiger partial charge in [0.2, 0.25) is 11.8 Å². The van der Waals surface area contributed by atoms with Gasteiger partial charge in [0.1, 0.15) is 12.3 Å². The zero-order valence-corrected chi connectivity index (χ0v) is 40.3. The average molecular weight is 903 g/mol. The average Bonchev–Trinajstić information content (AvgIpc) is 3.91. The first-order valence-electron chi connectivity index (χ1n) is 23.0. The molecule has 2 aromatic heterocycles. The molecule has 5 heterocycles. The van der Waals surface area contributed by atoms with Gasteiger partial charge in [-0.15, -0.1) is 0 Å². The lowest BCUT2D eigenvalue weighted by Crippen LogP contribution is -2.57. The Hall–Kier alpha value is -5.16. The Labute approximate surface area is 386 Å². The van der Waals surface area contributed by atoms with Gasteiger partial charge >= 0.3 is 0 Å². The number of hydrazine groups is 1. The first kappa shape index (κ1) is 52.5. The molecule has 358 valence electrons. The van der Waals surface area contributed by atoms with E-state index in [2.05, 4.69) is 76.8 Å². The number of methoxy groups -OCH3 is 1. The number of likely N-dealkylation sites (N-methyl/N-ethyl adjacent to an activating group) is 1. The highest BCUT2D eigenvalue weighted by Crippen LogP contribution is 2.40. The minimum Gasteiger partial charge on any atom is -0.467 e. The number of aldehydes is 1. The second-order valence-corrected chi connectivity index (χ2v) is 18.2. The lowest BCUT2D eigenvalue weighted by Gasteiger charge is -2.32. The number of fused-ring (bicyclic) bond motifs is 1. The number of ether oxygens (including phenoxy) is 3. The molecule has 3 unspecified atom stereocenters. The molecule has 3 atom stereocenters. The number of aromatic nitrogens is 2. The number of morpholine rings is 1. The van der Waals surface area contributed by atoms with Crippen LogP contribution in [0, 0.1) is 17.3 Å². The highest BCUT2D eigenvalue weighted by atomic mass is 16.5. The summed E-state index contributed by atoms with van der Waals surface area (Å²) in [5, 5.41) is 5.68. The number of anilines is 1. The maximum atomic E-state index is 12.3. The fourth-order valence-corrected chi connectivity index (χ4v) is 8.77. The number of pyridine rings is 1. The SMILES string of the molecule is C=CC(=O)N1CCC(C=O)C1.CC(NC(=O)C(C(C)C)N(C)C)C(=O)N1CCCCN1.CCn1c(-c2cccnc2COC)c(CC(C)(C)COC=O)c2cc(N3CCOCC3)ccc21. The van der Waals surface area contributed by atoms with Gasteiger partial charge in [-0.2, -0.15) is 0 Å². The molecule has 2 N–H and O–H groups in total. The molecule has 0 aliphatic carbocycles. The van der Waals surface area contributed by atoms with Crippen LogP contribution in [0.15, 0.2) is 49.2 Å². The number of likely N-dealkylation sites (tertiary alicyclic amines) is 1. The second-order valence-electron chi connectivity index (χ2n) is 18.2. The van der Waals surface area contributed by atoms with Crippen molar-refractivity contribution in [1.82, 2.24) is 35.1 Å². The van der Waals surface area contributed by atoms with Gasteiger partial charge in [0.05, 0.1) is 43.9 Å². The van der Waals surface area contributed by atoms with Crippen LogP contribution < -0.4 is 15.6 Å². The Morgan fingerprint density at radius 2 is 1.82 bits per heavy atom. The van der Waals surface area contributed by atoms with Crippen molar-refractivity contribution in [2.75, 3.05) is 85.2 Å². The summed E-state index contributed by atoms with van der Waals surface area (Å²) < 4.78 is 18.6. The van der Waals surface area contributed by atoms with Crippen molar-refractivity contribution < 1.29 is 38.2 Å². The normalized spacial score (nSPS) is 17.4. The number of aryl methyl sites for hydroxylation is 1. The van der Waals surface area contributed by atoms with Gasteiger partial charge < -0.3 is 38.7 Å². The molecule has 0 radical (unpaired) electrons. The largest absolute Gasteiger partial charge is 0.467 e. The lowest BCUT2D eigenvalue weighted by molar-refractivity contribution is -0.140. The molecule has 0 bridgehead atoms.